The summed E-state index contributed by atoms with van der Waals surface area (Å²) in [5, 5.41) is 7.56. The number of carbonyl (C=O) groups is 2. The van der Waals surface area contributed by atoms with Gasteiger partial charge in [-0.3, -0.25) is 14.5 Å². The highest BCUT2D eigenvalue weighted by Gasteiger charge is 2.31. The van der Waals surface area contributed by atoms with E-state index in [-0.39, 0.29) is 17.7 Å². The maximum Gasteiger partial charge on any atom is 0.274 e. The molecule has 0 spiro atoms. The van der Waals surface area contributed by atoms with Gasteiger partial charge in [0.1, 0.15) is 5.82 Å². The Morgan fingerprint density at radius 2 is 1.67 bits per heavy atom. The minimum Gasteiger partial charge on any atom is -0.335 e. The van der Waals surface area contributed by atoms with E-state index in [2.05, 4.69) is 46.5 Å². The molecule has 0 unspecified atom stereocenters. The van der Waals surface area contributed by atoms with Gasteiger partial charge in [-0.1, -0.05) is 42.5 Å². The fraction of sp³-hybridized carbons (Fsp3) is 0.346. The average molecular weight is 444 g/mol. The van der Waals surface area contributed by atoms with Crippen LogP contribution in [0.25, 0.3) is 5.69 Å². The van der Waals surface area contributed by atoms with Gasteiger partial charge in [0.2, 0.25) is 5.91 Å². The molecular weight excluding hydrogens is 414 g/mol. The van der Waals surface area contributed by atoms with E-state index < -0.39 is 0 Å². The molecule has 2 fully saturated rings. The number of amides is 2. The van der Waals surface area contributed by atoms with E-state index in [9.17, 15) is 9.59 Å². The lowest BCUT2D eigenvalue weighted by molar-refractivity contribution is -0.117. The number of benzene rings is 2. The van der Waals surface area contributed by atoms with Crippen molar-refractivity contribution >= 4 is 17.6 Å². The minimum atomic E-state index is -0.0952. The highest BCUT2D eigenvalue weighted by atomic mass is 16.2. The van der Waals surface area contributed by atoms with Crippen LogP contribution in [-0.2, 0) is 11.3 Å². The summed E-state index contributed by atoms with van der Waals surface area (Å²) in [6.07, 6.45) is 1.84. The van der Waals surface area contributed by atoms with E-state index in [1.165, 1.54) is 11.1 Å². The molecule has 2 aliphatic rings. The number of aromatic nitrogens is 2. The van der Waals surface area contributed by atoms with E-state index in [0.717, 1.165) is 38.2 Å². The Balaban J connectivity index is 1.29. The Kier molecular flexibility index (Phi) is 5.96. The molecule has 1 N–H and O–H groups in total. The van der Waals surface area contributed by atoms with Crippen LogP contribution >= 0.6 is 0 Å². The van der Waals surface area contributed by atoms with E-state index in [4.69, 9.17) is 0 Å². The third-order valence-electron chi connectivity index (χ3n) is 6.44. The van der Waals surface area contributed by atoms with Crippen LogP contribution in [-0.4, -0.2) is 57.6 Å². The number of piperazine rings is 1. The SMILES string of the molecule is Cc1ccccc1CN1CCN(C(=O)c2cc(NC(=O)C3CC3)n(-c3ccccc3)n2)CC1. The third kappa shape index (κ3) is 4.83. The molecule has 7 nitrogen and oxygen atoms in total. The van der Waals surface area contributed by atoms with E-state index >= 15 is 0 Å². The molecule has 7 heteroatoms. The molecule has 0 atom stereocenters. The summed E-state index contributed by atoms with van der Waals surface area (Å²) in [6.45, 7) is 6.00. The predicted molar refractivity (Wildman–Crippen MR) is 127 cm³/mol. The zero-order chi connectivity index (χ0) is 22.8. The monoisotopic (exact) mass is 443 g/mol. The highest BCUT2D eigenvalue weighted by molar-refractivity contribution is 5.97. The van der Waals surface area contributed by atoms with Crippen LogP contribution < -0.4 is 5.32 Å². The maximum atomic E-state index is 13.3. The summed E-state index contributed by atoms with van der Waals surface area (Å²) in [6, 6.07) is 19.7. The van der Waals surface area contributed by atoms with Crippen LogP contribution in [0.15, 0.2) is 60.7 Å². The van der Waals surface area contributed by atoms with Crippen molar-refractivity contribution < 1.29 is 9.59 Å². The van der Waals surface area contributed by atoms with Crippen LogP contribution in [0.1, 0.15) is 34.5 Å². The number of hydrogen-bond acceptors (Lipinski definition) is 4. The first-order valence-corrected chi connectivity index (χ1v) is 11.6. The number of rotatable bonds is 6. The second-order valence-electron chi connectivity index (χ2n) is 8.92. The fourth-order valence-electron chi connectivity index (χ4n) is 4.21. The summed E-state index contributed by atoms with van der Waals surface area (Å²) in [4.78, 5) is 29.9. The highest BCUT2D eigenvalue weighted by Crippen LogP contribution is 2.30. The summed E-state index contributed by atoms with van der Waals surface area (Å²) < 4.78 is 1.65. The van der Waals surface area contributed by atoms with Gasteiger partial charge in [0, 0.05) is 44.7 Å². The van der Waals surface area contributed by atoms with Crippen molar-refractivity contribution in [1.29, 1.82) is 0 Å². The Morgan fingerprint density at radius 3 is 2.36 bits per heavy atom. The Labute approximate surface area is 194 Å². The third-order valence-corrected chi connectivity index (χ3v) is 6.44. The smallest absolute Gasteiger partial charge is 0.274 e. The number of carbonyl (C=O) groups excluding carboxylic acids is 2. The first kappa shape index (κ1) is 21.4. The second kappa shape index (κ2) is 9.19. The standard InChI is InChI=1S/C26H29N5O2/c1-19-7-5-6-8-21(19)18-29-13-15-30(16-14-29)26(33)23-17-24(27-25(32)20-11-12-20)31(28-23)22-9-3-2-4-10-22/h2-10,17,20H,11-16,18H2,1H3,(H,27,32). The van der Waals surface area contributed by atoms with Gasteiger partial charge in [0.15, 0.2) is 5.69 Å². The molecule has 2 aromatic carbocycles. The molecule has 0 bridgehead atoms. The molecule has 1 aromatic heterocycles. The van der Waals surface area contributed by atoms with Crippen LogP contribution in [0.2, 0.25) is 0 Å². The summed E-state index contributed by atoms with van der Waals surface area (Å²) in [7, 11) is 0. The van der Waals surface area contributed by atoms with Gasteiger partial charge in [-0.2, -0.15) is 5.10 Å². The van der Waals surface area contributed by atoms with Crippen molar-refractivity contribution in [2.45, 2.75) is 26.3 Å². The van der Waals surface area contributed by atoms with Gasteiger partial charge in [0.25, 0.3) is 5.91 Å². The van der Waals surface area contributed by atoms with Crippen LogP contribution in [0, 0.1) is 12.8 Å². The molecule has 170 valence electrons. The lowest BCUT2D eigenvalue weighted by Crippen LogP contribution is -2.48. The number of nitrogens with one attached hydrogen (secondary N) is 1. The molecule has 33 heavy (non-hydrogen) atoms. The van der Waals surface area contributed by atoms with Crippen molar-refractivity contribution in [3.8, 4) is 5.69 Å². The molecule has 3 aromatic rings. The zero-order valence-electron chi connectivity index (χ0n) is 18.9. The first-order valence-electron chi connectivity index (χ1n) is 11.6. The number of aryl methyl sites for hydroxylation is 1. The normalized spacial score (nSPS) is 16.6. The summed E-state index contributed by atoms with van der Waals surface area (Å²) in [5.74, 6) is 0.516. The van der Waals surface area contributed by atoms with E-state index in [1.807, 2.05) is 35.2 Å². The molecule has 1 aliphatic heterocycles. The van der Waals surface area contributed by atoms with E-state index in [1.54, 1.807) is 10.7 Å². The van der Waals surface area contributed by atoms with Gasteiger partial charge < -0.3 is 10.2 Å². The average Bonchev–Trinajstić information content (AvgIpc) is 3.62. The van der Waals surface area contributed by atoms with Gasteiger partial charge in [-0.25, -0.2) is 4.68 Å². The summed E-state index contributed by atoms with van der Waals surface area (Å²) in [5.41, 5.74) is 3.79. The van der Waals surface area contributed by atoms with Crippen molar-refractivity contribution in [3.05, 3.63) is 77.5 Å². The Morgan fingerprint density at radius 1 is 0.970 bits per heavy atom. The van der Waals surface area contributed by atoms with Crippen molar-refractivity contribution in [2.24, 2.45) is 5.92 Å². The Bertz CT molecular complexity index is 1140. The molecule has 1 saturated carbocycles. The van der Waals surface area contributed by atoms with Crippen molar-refractivity contribution in [2.75, 3.05) is 31.5 Å². The lowest BCUT2D eigenvalue weighted by atomic mass is 10.1. The van der Waals surface area contributed by atoms with Crippen LogP contribution in [0.5, 0.6) is 0 Å². The lowest BCUT2D eigenvalue weighted by Gasteiger charge is -2.34. The van der Waals surface area contributed by atoms with Gasteiger partial charge in [0.05, 0.1) is 5.69 Å². The quantitative estimate of drug-likeness (QED) is 0.633. The van der Waals surface area contributed by atoms with Gasteiger partial charge in [-0.05, 0) is 43.0 Å². The summed E-state index contributed by atoms with van der Waals surface area (Å²) >= 11 is 0. The van der Waals surface area contributed by atoms with Crippen LogP contribution in [0.4, 0.5) is 5.82 Å². The number of anilines is 1. The Hall–Kier alpha value is -3.45. The van der Waals surface area contributed by atoms with Gasteiger partial charge in [-0.15, -0.1) is 0 Å². The molecule has 1 aliphatic carbocycles. The first-order chi connectivity index (χ1) is 16.1. The molecule has 2 amide bonds. The number of nitrogens with zero attached hydrogens (tertiary/aromatic N) is 4. The van der Waals surface area contributed by atoms with Crippen molar-refractivity contribution in [3.63, 3.8) is 0 Å². The topological polar surface area (TPSA) is 70.5 Å². The largest absolute Gasteiger partial charge is 0.335 e. The molecule has 1 saturated heterocycles. The predicted octanol–water partition coefficient (Wildman–Crippen LogP) is 3.49. The fourth-order valence-corrected chi connectivity index (χ4v) is 4.21. The zero-order valence-corrected chi connectivity index (χ0v) is 18.9. The second-order valence-corrected chi connectivity index (χ2v) is 8.92. The van der Waals surface area contributed by atoms with E-state index in [0.29, 0.717) is 24.6 Å². The minimum absolute atomic E-state index is 0.00380. The van der Waals surface area contributed by atoms with Crippen LogP contribution in [0.3, 0.4) is 0 Å². The molecule has 0 radical (unpaired) electrons. The van der Waals surface area contributed by atoms with Crippen molar-refractivity contribution in [1.82, 2.24) is 19.6 Å². The molecule has 5 rings (SSSR count). The van der Waals surface area contributed by atoms with Gasteiger partial charge >= 0.3 is 0 Å². The molecular formula is C26H29N5O2. The number of para-hydroxylation sites is 1. The molecule has 2 heterocycles. The maximum absolute atomic E-state index is 13.3. The number of hydrogen-bond donors (Lipinski definition) is 1.